The molecule has 0 fully saturated rings. The van der Waals surface area contributed by atoms with E-state index in [0.717, 1.165) is 11.1 Å². The summed E-state index contributed by atoms with van der Waals surface area (Å²) in [7, 11) is 1.57. The van der Waals surface area contributed by atoms with E-state index in [-0.39, 0.29) is 11.3 Å². The lowest BCUT2D eigenvalue weighted by Gasteiger charge is -2.08. The van der Waals surface area contributed by atoms with Crippen molar-refractivity contribution < 1.29 is 13.9 Å². The van der Waals surface area contributed by atoms with Gasteiger partial charge < -0.3 is 4.74 Å². The molecule has 2 nitrogen and oxygen atoms in total. The van der Waals surface area contributed by atoms with Gasteiger partial charge in [0.05, 0.1) is 12.7 Å². The summed E-state index contributed by atoms with van der Waals surface area (Å²) in [5, 5.41) is 0. The van der Waals surface area contributed by atoms with Crippen LogP contribution >= 0.6 is 0 Å². The zero-order chi connectivity index (χ0) is 14.0. The summed E-state index contributed by atoms with van der Waals surface area (Å²) in [5.41, 5.74) is 2.15. The molecule has 2 aromatic rings. The molecule has 0 saturated heterocycles. The summed E-state index contributed by atoms with van der Waals surface area (Å²) >= 11 is 0. The van der Waals surface area contributed by atoms with Crippen molar-refractivity contribution in [3.63, 3.8) is 0 Å². The van der Waals surface area contributed by atoms with E-state index in [9.17, 15) is 9.18 Å². The Balaban J connectivity index is 2.44. The summed E-state index contributed by atoms with van der Waals surface area (Å²) in [6.07, 6.45) is 0. The zero-order valence-corrected chi connectivity index (χ0v) is 11.2. The predicted octanol–water partition coefficient (Wildman–Crippen LogP) is 3.68. The van der Waals surface area contributed by atoms with Crippen LogP contribution in [0, 0.1) is 19.7 Å². The third-order valence-electron chi connectivity index (χ3n) is 3.05. The lowest BCUT2D eigenvalue weighted by Crippen LogP contribution is -2.06. The van der Waals surface area contributed by atoms with Gasteiger partial charge in [0.25, 0.3) is 0 Å². The summed E-state index contributed by atoms with van der Waals surface area (Å²) in [5.74, 6) is -0.115. The molecule has 0 bridgehead atoms. The molecule has 0 atom stereocenters. The van der Waals surface area contributed by atoms with Crippen molar-refractivity contribution in [3.8, 4) is 5.75 Å². The van der Waals surface area contributed by atoms with Gasteiger partial charge in [-0.3, -0.25) is 4.79 Å². The first-order valence-electron chi connectivity index (χ1n) is 5.98. The third kappa shape index (κ3) is 2.65. The molecule has 0 aliphatic carbocycles. The molecule has 0 aliphatic heterocycles. The molecule has 2 rings (SSSR count). The minimum absolute atomic E-state index is 0.0962. The molecule has 3 heteroatoms. The first kappa shape index (κ1) is 13.3. The number of ether oxygens (including phenoxy) is 1. The van der Waals surface area contributed by atoms with Crippen LogP contribution < -0.4 is 4.74 Å². The minimum atomic E-state index is -0.486. The molecular weight excluding hydrogens is 243 g/mol. The molecular formula is C16H15FO2. The Morgan fingerprint density at radius 1 is 1.05 bits per heavy atom. The van der Waals surface area contributed by atoms with E-state index >= 15 is 0 Å². The SMILES string of the molecule is COc1ccc(C(=O)c2ccc(C)cc2F)c(C)c1. The van der Waals surface area contributed by atoms with Crippen molar-refractivity contribution in [2.45, 2.75) is 13.8 Å². The highest BCUT2D eigenvalue weighted by Crippen LogP contribution is 2.21. The highest BCUT2D eigenvalue weighted by molar-refractivity contribution is 6.10. The number of rotatable bonds is 3. The summed E-state index contributed by atoms with van der Waals surface area (Å²) in [6, 6.07) is 9.75. The highest BCUT2D eigenvalue weighted by atomic mass is 19.1. The Kier molecular flexibility index (Phi) is 3.65. The van der Waals surface area contributed by atoms with Crippen molar-refractivity contribution in [2.75, 3.05) is 7.11 Å². The fourth-order valence-corrected chi connectivity index (χ4v) is 1.97. The second kappa shape index (κ2) is 5.22. The fourth-order valence-electron chi connectivity index (χ4n) is 1.97. The second-order valence-electron chi connectivity index (χ2n) is 4.49. The highest BCUT2D eigenvalue weighted by Gasteiger charge is 2.16. The van der Waals surface area contributed by atoms with Gasteiger partial charge in [-0.05, 0) is 55.3 Å². The molecule has 0 heterocycles. The Bertz CT molecular complexity index is 633. The van der Waals surface area contributed by atoms with E-state index in [0.29, 0.717) is 11.3 Å². The van der Waals surface area contributed by atoms with Gasteiger partial charge in [-0.1, -0.05) is 6.07 Å². The largest absolute Gasteiger partial charge is 0.497 e. The molecule has 0 unspecified atom stereocenters. The smallest absolute Gasteiger partial charge is 0.196 e. The molecule has 0 aromatic heterocycles. The molecule has 0 saturated carbocycles. The Hall–Kier alpha value is -2.16. The molecule has 0 amide bonds. The van der Waals surface area contributed by atoms with Gasteiger partial charge in [-0.15, -0.1) is 0 Å². The number of aryl methyl sites for hydroxylation is 2. The van der Waals surface area contributed by atoms with Gasteiger partial charge in [0.2, 0.25) is 0 Å². The Labute approximate surface area is 111 Å². The van der Waals surface area contributed by atoms with Gasteiger partial charge in [-0.25, -0.2) is 4.39 Å². The summed E-state index contributed by atoms with van der Waals surface area (Å²) in [6.45, 7) is 3.60. The lowest BCUT2D eigenvalue weighted by atomic mass is 9.98. The van der Waals surface area contributed by atoms with Gasteiger partial charge in [0.15, 0.2) is 5.78 Å². The second-order valence-corrected chi connectivity index (χ2v) is 4.49. The van der Waals surface area contributed by atoms with E-state index < -0.39 is 5.82 Å². The number of hydrogen-bond donors (Lipinski definition) is 0. The van der Waals surface area contributed by atoms with Crippen LogP contribution in [0.5, 0.6) is 5.75 Å². The molecule has 98 valence electrons. The maximum atomic E-state index is 13.8. The van der Waals surface area contributed by atoms with E-state index in [4.69, 9.17) is 4.74 Å². The quantitative estimate of drug-likeness (QED) is 0.785. The van der Waals surface area contributed by atoms with Crippen LogP contribution in [-0.4, -0.2) is 12.9 Å². The van der Waals surface area contributed by atoms with Crippen LogP contribution in [0.3, 0.4) is 0 Å². The molecule has 0 N–H and O–H groups in total. The maximum Gasteiger partial charge on any atom is 0.196 e. The van der Waals surface area contributed by atoms with Crippen molar-refractivity contribution in [1.29, 1.82) is 0 Å². The molecule has 2 aromatic carbocycles. The van der Waals surface area contributed by atoms with Crippen molar-refractivity contribution in [3.05, 3.63) is 64.5 Å². The summed E-state index contributed by atoms with van der Waals surface area (Å²) in [4.78, 5) is 12.3. The van der Waals surface area contributed by atoms with E-state index in [1.807, 2.05) is 6.92 Å². The number of ketones is 1. The third-order valence-corrected chi connectivity index (χ3v) is 3.05. The first-order chi connectivity index (χ1) is 9.02. The Morgan fingerprint density at radius 2 is 1.74 bits per heavy atom. The monoisotopic (exact) mass is 258 g/mol. The topological polar surface area (TPSA) is 26.3 Å². The molecule has 0 spiro atoms. The van der Waals surface area contributed by atoms with Gasteiger partial charge in [0.1, 0.15) is 11.6 Å². The van der Waals surface area contributed by atoms with Crippen LogP contribution in [0.15, 0.2) is 36.4 Å². The lowest BCUT2D eigenvalue weighted by molar-refractivity contribution is 0.103. The zero-order valence-electron chi connectivity index (χ0n) is 11.2. The van der Waals surface area contributed by atoms with Crippen LogP contribution in [0.2, 0.25) is 0 Å². The number of halogens is 1. The van der Waals surface area contributed by atoms with Crippen molar-refractivity contribution >= 4 is 5.78 Å². The number of carbonyl (C=O) groups excluding carboxylic acids is 1. The Morgan fingerprint density at radius 3 is 2.32 bits per heavy atom. The van der Waals surface area contributed by atoms with Crippen LogP contribution in [0.4, 0.5) is 4.39 Å². The van der Waals surface area contributed by atoms with Gasteiger partial charge in [0, 0.05) is 5.56 Å². The predicted molar refractivity (Wildman–Crippen MR) is 72.3 cm³/mol. The average Bonchev–Trinajstić information content (AvgIpc) is 2.37. The number of benzene rings is 2. The van der Waals surface area contributed by atoms with Gasteiger partial charge in [-0.2, -0.15) is 0 Å². The van der Waals surface area contributed by atoms with E-state index in [2.05, 4.69) is 0 Å². The van der Waals surface area contributed by atoms with Gasteiger partial charge >= 0.3 is 0 Å². The van der Waals surface area contributed by atoms with Crippen molar-refractivity contribution in [2.24, 2.45) is 0 Å². The molecule has 0 aliphatic rings. The number of methoxy groups -OCH3 is 1. The number of carbonyl (C=O) groups is 1. The minimum Gasteiger partial charge on any atom is -0.497 e. The summed E-state index contributed by atoms with van der Waals surface area (Å²) < 4.78 is 18.9. The average molecular weight is 258 g/mol. The molecule has 19 heavy (non-hydrogen) atoms. The van der Waals surface area contributed by atoms with E-state index in [1.54, 1.807) is 38.3 Å². The fraction of sp³-hybridized carbons (Fsp3) is 0.188. The van der Waals surface area contributed by atoms with Crippen molar-refractivity contribution in [1.82, 2.24) is 0 Å². The van der Waals surface area contributed by atoms with Crippen LogP contribution in [0.1, 0.15) is 27.0 Å². The van der Waals surface area contributed by atoms with Crippen LogP contribution in [-0.2, 0) is 0 Å². The number of hydrogen-bond acceptors (Lipinski definition) is 2. The molecule has 0 radical (unpaired) electrons. The standard InChI is InChI=1S/C16H15FO2/c1-10-4-6-14(15(17)8-10)16(18)13-7-5-12(19-3)9-11(13)2/h4-9H,1-3H3. The maximum absolute atomic E-state index is 13.8. The van der Waals surface area contributed by atoms with E-state index in [1.165, 1.54) is 12.1 Å². The normalized spacial score (nSPS) is 10.3. The van der Waals surface area contributed by atoms with Crippen LogP contribution in [0.25, 0.3) is 0 Å². The first-order valence-corrected chi connectivity index (χ1v) is 5.98.